The van der Waals surface area contributed by atoms with Gasteiger partial charge in [0.1, 0.15) is 5.75 Å². The standard InChI is InChI=1S/C19H17N2O5P/c1-2-25-27(24,26-15-9-7-14(13-20)8-10-15)12-11-21-18(22)16-5-3-4-6-17(16)19(21)23/h3-10H,2,11-12H2,1H3. The first kappa shape index (κ1) is 18.8. The highest BCUT2D eigenvalue weighted by molar-refractivity contribution is 7.54. The summed E-state index contributed by atoms with van der Waals surface area (Å²) >= 11 is 0. The quantitative estimate of drug-likeness (QED) is 0.536. The van der Waals surface area contributed by atoms with E-state index in [1.807, 2.05) is 6.07 Å². The lowest BCUT2D eigenvalue weighted by atomic mass is 10.1. The summed E-state index contributed by atoms with van der Waals surface area (Å²) in [5.41, 5.74) is 1.11. The summed E-state index contributed by atoms with van der Waals surface area (Å²) in [6.45, 7) is 1.74. The van der Waals surface area contributed by atoms with Crippen molar-refractivity contribution in [3.8, 4) is 11.8 Å². The molecule has 138 valence electrons. The molecule has 1 aliphatic heterocycles. The van der Waals surface area contributed by atoms with Crippen LogP contribution in [-0.2, 0) is 9.09 Å². The second-order valence-corrected chi connectivity index (χ2v) is 7.90. The first-order chi connectivity index (χ1) is 13.0. The maximum absolute atomic E-state index is 13.0. The van der Waals surface area contributed by atoms with Gasteiger partial charge in [0.2, 0.25) is 0 Å². The molecule has 7 nitrogen and oxygen atoms in total. The molecule has 0 radical (unpaired) electrons. The maximum Gasteiger partial charge on any atom is 0.380 e. The lowest BCUT2D eigenvalue weighted by molar-refractivity contribution is 0.0662. The number of carbonyl (C=O) groups is 2. The summed E-state index contributed by atoms with van der Waals surface area (Å²) in [4.78, 5) is 25.9. The van der Waals surface area contributed by atoms with E-state index in [4.69, 9.17) is 14.3 Å². The van der Waals surface area contributed by atoms with Crippen molar-refractivity contribution in [3.63, 3.8) is 0 Å². The average Bonchev–Trinajstić information content (AvgIpc) is 2.92. The third kappa shape index (κ3) is 3.92. The summed E-state index contributed by atoms with van der Waals surface area (Å²) in [6.07, 6.45) is -0.133. The van der Waals surface area contributed by atoms with Gasteiger partial charge in [-0.15, -0.1) is 0 Å². The predicted molar refractivity (Wildman–Crippen MR) is 97.7 cm³/mol. The number of carbonyl (C=O) groups excluding carboxylic acids is 2. The molecule has 27 heavy (non-hydrogen) atoms. The summed E-state index contributed by atoms with van der Waals surface area (Å²) in [5, 5.41) is 8.84. The van der Waals surface area contributed by atoms with Crippen LogP contribution in [0.15, 0.2) is 48.5 Å². The van der Waals surface area contributed by atoms with Crippen LogP contribution in [0.5, 0.6) is 5.75 Å². The van der Waals surface area contributed by atoms with Crippen LogP contribution >= 0.6 is 7.60 Å². The molecular weight excluding hydrogens is 367 g/mol. The van der Waals surface area contributed by atoms with Crippen molar-refractivity contribution in [1.82, 2.24) is 4.90 Å². The van der Waals surface area contributed by atoms with Crippen molar-refractivity contribution in [2.75, 3.05) is 19.3 Å². The van der Waals surface area contributed by atoms with E-state index in [0.717, 1.165) is 4.90 Å². The van der Waals surface area contributed by atoms with E-state index >= 15 is 0 Å². The normalized spacial score (nSPS) is 15.2. The topological polar surface area (TPSA) is 96.7 Å². The molecule has 8 heteroatoms. The fraction of sp³-hybridized carbons (Fsp3) is 0.211. The lowest BCUT2D eigenvalue weighted by Crippen LogP contribution is -2.32. The second-order valence-electron chi connectivity index (χ2n) is 5.79. The molecular formula is C19H17N2O5P. The van der Waals surface area contributed by atoms with E-state index in [2.05, 4.69) is 0 Å². The largest absolute Gasteiger partial charge is 0.424 e. The third-order valence-electron chi connectivity index (χ3n) is 4.03. The van der Waals surface area contributed by atoms with Crippen LogP contribution in [0.2, 0.25) is 0 Å². The molecule has 0 fully saturated rings. The number of hydrogen-bond donors (Lipinski definition) is 0. The zero-order valence-electron chi connectivity index (χ0n) is 14.6. The highest BCUT2D eigenvalue weighted by Gasteiger charge is 2.37. The van der Waals surface area contributed by atoms with Gasteiger partial charge in [0.15, 0.2) is 0 Å². The molecule has 1 unspecified atom stereocenters. The van der Waals surface area contributed by atoms with Gasteiger partial charge in [0.25, 0.3) is 11.8 Å². The van der Waals surface area contributed by atoms with Gasteiger partial charge in [-0.1, -0.05) is 12.1 Å². The van der Waals surface area contributed by atoms with Gasteiger partial charge in [0, 0.05) is 6.54 Å². The number of benzene rings is 2. The Morgan fingerprint density at radius 2 is 1.63 bits per heavy atom. The van der Waals surface area contributed by atoms with E-state index in [9.17, 15) is 14.2 Å². The zero-order valence-corrected chi connectivity index (χ0v) is 15.5. The summed E-state index contributed by atoms with van der Waals surface area (Å²) < 4.78 is 23.9. The lowest BCUT2D eigenvalue weighted by Gasteiger charge is -2.21. The molecule has 0 spiro atoms. The van der Waals surface area contributed by atoms with Gasteiger partial charge in [-0.2, -0.15) is 5.26 Å². The monoisotopic (exact) mass is 384 g/mol. The Morgan fingerprint density at radius 3 is 2.15 bits per heavy atom. The predicted octanol–water partition coefficient (Wildman–Crippen LogP) is 3.46. The number of imide groups is 1. The molecule has 2 amide bonds. The van der Waals surface area contributed by atoms with Crippen LogP contribution < -0.4 is 4.52 Å². The Kier molecular flexibility index (Phi) is 5.41. The number of nitriles is 1. The SMILES string of the molecule is CCOP(=O)(CCN1C(=O)c2ccccc2C1=O)Oc1ccc(C#N)cc1. The molecule has 3 rings (SSSR count). The number of fused-ring (bicyclic) bond motifs is 1. The minimum absolute atomic E-state index is 0.0834. The van der Waals surface area contributed by atoms with Crippen LogP contribution in [0.3, 0.4) is 0 Å². The molecule has 0 aromatic heterocycles. The highest BCUT2D eigenvalue weighted by Crippen LogP contribution is 2.48. The smallest absolute Gasteiger partial charge is 0.380 e. The van der Waals surface area contributed by atoms with E-state index in [1.165, 1.54) is 24.3 Å². The second kappa shape index (κ2) is 7.75. The van der Waals surface area contributed by atoms with Gasteiger partial charge < -0.3 is 9.05 Å². The van der Waals surface area contributed by atoms with E-state index in [-0.39, 0.29) is 25.1 Å². The molecule has 0 saturated carbocycles. The van der Waals surface area contributed by atoms with Crippen molar-refractivity contribution < 1.29 is 23.2 Å². The number of hydrogen-bond acceptors (Lipinski definition) is 6. The number of nitrogens with zero attached hydrogens (tertiary/aromatic N) is 2. The molecule has 0 bridgehead atoms. The van der Waals surface area contributed by atoms with Gasteiger partial charge in [-0.05, 0) is 43.3 Å². The Hall–Kier alpha value is -2.94. The van der Waals surface area contributed by atoms with Crippen LogP contribution in [-0.4, -0.2) is 36.0 Å². The molecule has 2 aromatic rings. The van der Waals surface area contributed by atoms with E-state index in [1.54, 1.807) is 31.2 Å². The zero-order chi connectivity index (χ0) is 19.4. The molecule has 1 heterocycles. The first-order valence-electron chi connectivity index (χ1n) is 8.36. The summed E-state index contributed by atoms with van der Waals surface area (Å²) in [6, 6.07) is 14.7. The van der Waals surface area contributed by atoms with Crippen molar-refractivity contribution in [3.05, 3.63) is 65.2 Å². The molecule has 0 N–H and O–H groups in total. The van der Waals surface area contributed by atoms with Gasteiger partial charge in [-0.3, -0.25) is 14.5 Å². The number of amides is 2. The molecule has 1 aliphatic rings. The minimum Gasteiger partial charge on any atom is -0.424 e. The van der Waals surface area contributed by atoms with Gasteiger partial charge >= 0.3 is 7.60 Å². The van der Waals surface area contributed by atoms with Gasteiger partial charge in [-0.25, -0.2) is 4.57 Å². The van der Waals surface area contributed by atoms with Crippen LogP contribution in [0, 0.1) is 11.3 Å². The molecule has 1 atom stereocenters. The maximum atomic E-state index is 13.0. The third-order valence-corrected chi connectivity index (χ3v) is 5.92. The average molecular weight is 384 g/mol. The molecule has 0 saturated heterocycles. The Bertz CT molecular complexity index is 930. The Morgan fingerprint density at radius 1 is 1.04 bits per heavy atom. The van der Waals surface area contributed by atoms with Crippen LogP contribution in [0.4, 0.5) is 0 Å². The van der Waals surface area contributed by atoms with E-state index in [0.29, 0.717) is 16.7 Å². The van der Waals surface area contributed by atoms with Crippen molar-refractivity contribution >= 4 is 19.4 Å². The summed E-state index contributed by atoms with van der Waals surface area (Å²) in [7, 11) is -3.59. The molecule has 0 aliphatic carbocycles. The van der Waals surface area contributed by atoms with E-state index < -0.39 is 19.4 Å². The summed E-state index contributed by atoms with van der Waals surface area (Å²) in [5.74, 6) is -0.554. The Balaban J connectivity index is 1.73. The number of rotatable bonds is 7. The van der Waals surface area contributed by atoms with Gasteiger partial charge in [0.05, 0.1) is 35.5 Å². The van der Waals surface area contributed by atoms with Crippen LogP contribution in [0.1, 0.15) is 33.2 Å². The fourth-order valence-electron chi connectivity index (χ4n) is 2.75. The minimum atomic E-state index is -3.59. The van der Waals surface area contributed by atoms with Crippen molar-refractivity contribution in [2.24, 2.45) is 0 Å². The first-order valence-corrected chi connectivity index (χ1v) is 10.1. The fourth-order valence-corrected chi connectivity index (χ4v) is 4.30. The van der Waals surface area contributed by atoms with Crippen LogP contribution in [0.25, 0.3) is 0 Å². The van der Waals surface area contributed by atoms with Crippen molar-refractivity contribution in [1.29, 1.82) is 5.26 Å². The van der Waals surface area contributed by atoms with Crippen molar-refractivity contribution in [2.45, 2.75) is 6.92 Å². The molecule has 2 aromatic carbocycles. The highest BCUT2D eigenvalue weighted by atomic mass is 31.2. The Labute approximate surface area is 156 Å².